The van der Waals surface area contributed by atoms with Gasteiger partial charge in [0.1, 0.15) is 0 Å². The second-order valence-electron chi connectivity index (χ2n) is 4.07. The number of hydrogen-bond donors (Lipinski definition) is 1. The summed E-state index contributed by atoms with van der Waals surface area (Å²) in [6.07, 6.45) is 1.70. The minimum Gasteiger partial charge on any atom is -0.465 e. The molecule has 0 bridgehead atoms. The Bertz CT molecular complexity index is 584. The maximum atomic E-state index is 11.4. The average Bonchev–Trinajstić information content (AvgIpc) is 2.45. The van der Waals surface area contributed by atoms with Crippen LogP contribution in [-0.4, -0.2) is 23.0 Å². The number of carbonyl (C=O) groups excluding carboxylic acids is 1. The van der Waals surface area contributed by atoms with Gasteiger partial charge in [-0.25, -0.2) is 14.8 Å². The van der Waals surface area contributed by atoms with Gasteiger partial charge in [-0.1, -0.05) is 12.1 Å². The lowest BCUT2D eigenvalue weighted by molar-refractivity contribution is 0.0600. The topological polar surface area (TPSA) is 64.1 Å². The van der Waals surface area contributed by atoms with E-state index in [4.69, 9.17) is 0 Å². The number of methoxy groups -OCH3 is 1. The van der Waals surface area contributed by atoms with Gasteiger partial charge in [-0.05, 0) is 30.7 Å². The maximum absolute atomic E-state index is 11.4. The molecule has 2 rings (SSSR count). The van der Waals surface area contributed by atoms with Crippen molar-refractivity contribution >= 4 is 11.9 Å². The molecule has 0 amide bonds. The van der Waals surface area contributed by atoms with E-state index in [0.717, 1.165) is 11.3 Å². The van der Waals surface area contributed by atoms with Crippen molar-refractivity contribution in [2.75, 3.05) is 12.4 Å². The lowest BCUT2D eigenvalue weighted by Crippen LogP contribution is -2.06. The molecule has 98 valence electrons. The SMILES string of the molecule is COC(=O)c1cccc(CNc2nccc(C)n2)c1. The summed E-state index contributed by atoms with van der Waals surface area (Å²) < 4.78 is 4.69. The number of anilines is 1. The van der Waals surface area contributed by atoms with Crippen molar-refractivity contribution < 1.29 is 9.53 Å². The van der Waals surface area contributed by atoms with Gasteiger partial charge >= 0.3 is 5.97 Å². The standard InChI is InChI=1S/C14H15N3O2/c1-10-6-7-15-14(17-10)16-9-11-4-3-5-12(8-11)13(18)19-2/h3-8H,9H2,1-2H3,(H,15,16,17). The molecule has 1 aromatic heterocycles. The molecule has 19 heavy (non-hydrogen) atoms. The van der Waals surface area contributed by atoms with Crippen molar-refractivity contribution in [3.8, 4) is 0 Å². The highest BCUT2D eigenvalue weighted by molar-refractivity contribution is 5.89. The smallest absolute Gasteiger partial charge is 0.337 e. The van der Waals surface area contributed by atoms with Gasteiger partial charge in [-0.3, -0.25) is 0 Å². The summed E-state index contributed by atoms with van der Waals surface area (Å²) in [7, 11) is 1.37. The highest BCUT2D eigenvalue weighted by Gasteiger charge is 2.05. The summed E-state index contributed by atoms with van der Waals surface area (Å²) in [5.41, 5.74) is 2.40. The fourth-order valence-corrected chi connectivity index (χ4v) is 1.64. The van der Waals surface area contributed by atoms with Crippen molar-refractivity contribution in [3.05, 3.63) is 53.3 Å². The van der Waals surface area contributed by atoms with Crippen molar-refractivity contribution in [1.82, 2.24) is 9.97 Å². The Kier molecular flexibility index (Phi) is 4.07. The second kappa shape index (κ2) is 5.95. The summed E-state index contributed by atoms with van der Waals surface area (Å²) in [5, 5.41) is 3.11. The molecule has 2 aromatic rings. The number of benzene rings is 1. The Labute approximate surface area is 111 Å². The molecule has 0 fully saturated rings. The molecule has 1 N–H and O–H groups in total. The van der Waals surface area contributed by atoms with Crippen LogP contribution < -0.4 is 5.32 Å². The van der Waals surface area contributed by atoms with Gasteiger partial charge in [0.2, 0.25) is 5.95 Å². The van der Waals surface area contributed by atoms with Crippen molar-refractivity contribution in [3.63, 3.8) is 0 Å². The van der Waals surface area contributed by atoms with Gasteiger partial charge < -0.3 is 10.1 Å². The molecule has 0 saturated carbocycles. The van der Waals surface area contributed by atoms with Crippen LogP contribution in [-0.2, 0) is 11.3 Å². The molecular formula is C14H15N3O2. The summed E-state index contributed by atoms with van der Waals surface area (Å²) >= 11 is 0. The number of nitrogens with zero attached hydrogens (tertiary/aromatic N) is 2. The fourth-order valence-electron chi connectivity index (χ4n) is 1.64. The fraction of sp³-hybridized carbons (Fsp3) is 0.214. The number of carbonyl (C=O) groups is 1. The number of rotatable bonds is 4. The van der Waals surface area contributed by atoms with E-state index in [0.29, 0.717) is 18.1 Å². The number of aromatic nitrogens is 2. The van der Waals surface area contributed by atoms with Crippen LogP contribution in [0.25, 0.3) is 0 Å². The van der Waals surface area contributed by atoms with Gasteiger partial charge in [-0.2, -0.15) is 0 Å². The second-order valence-corrected chi connectivity index (χ2v) is 4.07. The normalized spacial score (nSPS) is 10.0. The van der Waals surface area contributed by atoms with Gasteiger partial charge in [-0.15, -0.1) is 0 Å². The summed E-state index contributed by atoms with van der Waals surface area (Å²) in [5.74, 6) is 0.233. The molecule has 0 aliphatic heterocycles. The minimum atomic E-state index is -0.339. The van der Waals surface area contributed by atoms with E-state index in [1.807, 2.05) is 25.1 Å². The van der Waals surface area contributed by atoms with E-state index in [1.54, 1.807) is 18.3 Å². The Morgan fingerprint density at radius 3 is 2.95 bits per heavy atom. The number of nitrogens with one attached hydrogen (secondary N) is 1. The third kappa shape index (κ3) is 3.51. The van der Waals surface area contributed by atoms with Crippen molar-refractivity contribution in [1.29, 1.82) is 0 Å². The van der Waals surface area contributed by atoms with Crippen LogP contribution in [0.15, 0.2) is 36.5 Å². The first-order chi connectivity index (χ1) is 9.19. The van der Waals surface area contributed by atoms with Crippen molar-refractivity contribution in [2.45, 2.75) is 13.5 Å². The Balaban J connectivity index is 2.05. The number of aryl methyl sites for hydroxylation is 1. The van der Waals surface area contributed by atoms with E-state index in [2.05, 4.69) is 20.0 Å². The molecule has 0 unspecified atom stereocenters. The van der Waals surface area contributed by atoms with Crippen molar-refractivity contribution in [2.24, 2.45) is 0 Å². The average molecular weight is 257 g/mol. The van der Waals surface area contributed by atoms with Crippen LogP contribution in [0.5, 0.6) is 0 Å². The zero-order chi connectivity index (χ0) is 13.7. The van der Waals surface area contributed by atoms with E-state index in [1.165, 1.54) is 7.11 Å². The molecule has 0 saturated heterocycles. The van der Waals surface area contributed by atoms with E-state index in [9.17, 15) is 4.79 Å². The van der Waals surface area contributed by atoms with Crippen LogP contribution in [0, 0.1) is 6.92 Å². The molecule has 0 spiro atoms. The molecule has 0 radical (unpaired) electrons. The summed E-state index contributed by atoms with van der Waals surface area (Å²) in [6.45, 7) is 2.46. The predicted octanol–water partition coefficient (Wildman–Crippen LogP) is 2.18. The number of hydrogen-bond acceptors (Lipinski definition) is 5. The molecule has 1 heterocycles. The third-order valence-electron chi connectivity index (χ3n) is 2.59. The van der Waals surface area contributed by atoms with Gasteiger partial charge in [0.15, 0.2) is 0 Å². The summed E-state index contributed by atoms with van der Waals surface area (Å²) in [6, 6.07) is 9.09. The monoisotopic (exact) mass is 257 g/mol. The first-order valence-corrected chi connectivity index (χ1v) is 5.90. The van der Waals surface area contributed by atoms with Gasteiger partial charge in [0, 0.05) is 18.4 Å². The lowest BCUT2D eigenvalue weighted by Gasteiger charge is -2.06. The Morgan fingerprint density at radius 1 is 1.37 bits per heavy atom. The molecule has 0 atom stereocenters. The maximum Gasteiger partial charge on any atom is 0.337 e. The molecular weight excluding hydrogens is 242 g/mol. The largest absolute Gasteiger partial charge is 0.465 e. The lowest BCUT2D eigenvalue weighted by atomic mass is 10.1. The number of esters is 1. The van der Waals surface area contributed by atoms with E-state index < -0.39 is 0 Å². The highest BCUT2D eigenvalue weighted by Crippen LogP contribution is 2.08. The molecule has 0 aliphatic carbocycles. The highest BCUT2D eigenvalue weighted by atomic mass is 16.5. The molecule has 0 aliphatic rings. The quantitative estimate of drug-likeness (QED) is 0.850. The van der Waals surface area contributed by atoms with Gasteiger partial charge in [0.05, 0.1) is 12.7 Å². The van der Waals surface area contributed by atoms with E-state index in [-0.39, 0.29) is 5.97 Å². The zero-order valence-corrected chi connectivity index (χ0v) is 10.9. The molecule has 1 aromatic carbocycles. The minimum absolute atomic E-state index is 0.339. The Morgan fingerprint density at radius 2 is 2.21 bits per heavy atom. The van der Waals surface area contributed by atoms with Crippen LogP contribution in [0.3, 0.4) is 0 Å². The van der Waals surface area contributed by atoms with Crippen LogP contribution in [0.4, 0.5) is 5.95 Å². The first-order valence-electron chi connectivity index (χ1n) is 5.90. The van der Waals surface area contributed by atoms with Crippen LogP contribution in [0.1, 0.15) is 21.6 Å². The Hall–Kier alpha value is -2.43. The van der Waals surface area contributed by atoms with Crippen LogP contribution >= 0.6 is 0 Å². The van der Waals surface area contributed by atoms with E-state index >= 15 is 0 Å². The zero-order valence-electron chi connectivity index (χ0n) is 10.9. The first kappa shape index (κ1) is 13.0. The molecule has 5 nitrogen and oxygen atoms in total. The third-order valence-corrected chi connectivity index (χ3v) is 2.59. The summed E-state index contributed by atoms with van der Waals surface area (Å²) in [4.78, 5) is 19.8. The van der Waals surface area contributed by atoms with Crippen LogP contribution in [0.2, 0.25) is 0 Å². The van der Waals surface area contributed by atoms with Gasteiger partial charge in [0.25, 0.3) is 0 Å². The number of ether oxygens (including phenoxy) is 1. The predicted molar refractivity (Wildman–Crippen MR) is 71.9 cm³/mol. The molecule has 5 heteroatoms.